The van der Waals surface area contributed by atoms with Crippen LogP contribution < -0.4 is 5.32 Å². The molecule has 2 aromatic heterocycles. The van der Waals surface area contributed by atoms with E-state index in [1.54, 1.807) is 34.5 Å². The molecule has 0 fully saturated rings. The molecule has 0 saturated carbocycles. The highest BCUT2D eigenvalue weighted by molar-refractivity contribution is 6.10. The summed E-state index contributed by atoms with van der Waals surface area (Å²) in [4.78, 5) is 12.8. The number of carbonyl (C=O) groups excluding carboxylic acids is 1. The van der Waals surface area contributed by atoms with E-state index in [4.69, 9.17) is 5.11 Å². The van der Waals surface area contributed by atoms with E-state index in [0.29, 0.717) is 23.4 Å². The number of amides is 1. The van der Waals surface area contributed by atoms with Gasteiger partial charge >= 0.3 is 6.18 Å². The van der Waals surface area contributed by atoms with Crippen LogP contribution in [0.15, 0.2) is 79.0 Å². The Morgan fingerprint density at radius 1 is 0.971 bits per heavy atom. The van der Waals surface area contributed by atoms with Gasteiger partial charge in [-0.1, -0.05) is 30.3 Å². The van der Waals surface area contributed by atoms with E-state index in [-0.39, 0.29) is 5.91 Å². The number of rotatable bonds is 4. The molecule has 0 bridgehead atoms. The smallest absolute Gasteiger partial charge is 0.400 e. The fourth-order valence-electron chi connectivity index (χ4n) is 3.98. The molecular weight excluding hydrogens is 457 g/mol. The molecule has 1 amide bonds. The van der Waals surface area contributed by atoms with Crippen LogP contribution in [0.4, 0.5) is 13.2 Å². The molecule has 0 atom stereocenters. The zero-order valence-electron chi connectivity index (χ0n) is 19.0. The fraction of sp³-hybridized carbons (Fsp3) is 0.154. The quantitative estimate of drug-likeness (QED) is 0.377. The van der Waals surface area contributed by atoms with Crippen molar-refractivity contribution < 1.29 is 23.1 Å². The summed E-state index contributed by atoms with van der Waals surface area (Å²) in [6.45, 7) is 0.409. The van der Waals surface area contributed by atoms with Crippen molar-refractivity contribution in [3.63, 3.8) is 0 Å². The van der Waals surface area contributed by atoms with Crippen molar-refractivity contribution in [1.29, 1.82) is 0 Å². The third-order valence-electron chi connectivity index (χ3n) is 5.56. The minimum atomic E-state index is -4.40. The third-order valence-corrected chi connectivity index (χ3v) is 5.56. The van der Waals surface area contributed by atoms with E-state index in [1.165, 1.54) is 12.1 Å². The van der Waals surface area contributed by atoms with Crippen LogP contribution in [0.25, 0.3) is 27.6 Å². The predicted molar refractivity (Wildman–Crippen MR) is 128 cm³/mol. The SMILES string of the molecule is CO.Cn1cc2c3cc(C(=O)NCc4ccccc4)ccc3n(-c3ccc(C(F)(F)F)cc3)c2n1. The Morgan fingerprint density at radius 2 is 1.66 bits per heavy atom. The van der Waals surface area contributed by atoms with Crippen molar-refractivity contribution in [2.75, 3.05) is 7.11 Å². The van der Waals surface area contributed by atoms with Gasteiger partial charge < -0.3 is 10.4 Å². The van der Waals surface area contributed by atoms with Crippen LogP contribution in [0.2, 0.25) is 0 Å². The Morgan fingerprint density at radius 3 is 2.31 bits per heavy atom. The molecule has 5 aromatic rings. The summed E-state index contributed by atoms with van der Waals surface area (Å²) in [5.41, 5.74) is 2.70. The molecule has 5 rings (SSSR count). The number of fused-ring (bicyclic) bond motifs is 3. The van der Waals surface area contributed by atoms with Crippen molar-refractivity contribution in [1.82, 2.24) is 19.7 Å². The summed E-state index contributed by atoms with van der Waals surface area (Å²) >= 11 is 0. The van der Waals surface area contributed by atoms with Crippen molar-refractivity contribution in [2.24, 2.45) is 7.05 Å². The molecule has 3 aromatic carbocycles. The van der Waals surface area contributed by atoms with Crippen molar-refractivity contribution in [2.45, 2.75) is 12.7 Å². The maximum Gasteiger partial charge on any atom is 0.416 e. The number of alkyl halides is 3. The summed E-state index contributed by atoms with van der Waals surface area (Å²) in [5.74, 6) is -0.208. The standard InChI is InChI=1S/C25H19F3N4O.CH4O/c1-31-15-21-20-13-17(24(33)29-14-16-5-3-2-4-6-16)7-12-22(20)32(23(21)30-31)19-10-8-18(9-11-19)25(26,27)28;1-2/h2-13,15H,14H2,1H3,(H,29,33);2H,1H3. The third kappa shape index (κ3) is 4.76. The van der Waals surface area contributed by atoms with Crippen LogP contribution in [0, 0.1) is 0 Å². The lowest BCUT2D eigenvalue weighted by Crippen LogP contribution is -2.22. The average molecular weight is 480 g/mol. The number of hydrogen-bond acceptors (Lipinski definition) is 3. The summed E-state index contributed by atoms with van der Waals surface area (Å²) in [7, 11) is 2.78. The monoisotopic (exact) mass is 480 g/mol. The highest BCUT2D eigenvalue weighted by atomic mass is 19.4. The highest BCUT2D eigenvalue weighted by Gasteiger charge is 2.30. The Labute approximate surface area is 199 Å². The summed E-state index contributed by atoms with van der Waals surface area (Å²) in [5, 5.41) is 16.0. The number of aromatic nitrogens is 3. The number of aliphatic hydroxyl groups is 1. The van der Waals surface area contributed by atoms with E-state index in [1.807, 2.05) is 36.5 Å². The van der Waals surface area contributed by atoms with Crippen LogP contribution in [-0.4, -0.2) is 32.5 Å². The fourth-order valence-corrected chi connectivity index (χ4v) is 3.98. The first-order chi connectivity index (χ1) is 16.8. The molecule has 0 unspecified atom stereocenters. The molecule has 2 N–H and O–H groups in total. The van der Waals surface area contributed by atoms with Crippen LogP contribution in [0.5, 0.6) is 0 Å². The number of nitrogens with zero attached hydrogens (tertiary/aromatic N) is 3. The van der Waals surface area contributed by atoms with Gasteiger partial charge in [-0.3, -0.25) is 14.0 Å². The van der Waals surface area contributed by atoms with Crippen LogP contribution in [-0.2, 0) is 19.8 Å². The van der Waals surface area contributed by atoms with Gasteiger partial charge in [0.2, 0.25) is 0 Å². The normalized spacial score (nSPS) is 11.4. The summed E-state index contributed by atoms with van der Waals surface area (Å²) < 4.78 is 42.5. The lowest BCUT2D eigenvalue weighted by atomic mass is 10.1. The minimum Gasteiger partial charge on any atom is -0.400 e. The zero-order chi connectivity index (χ0) is 25.2. The molecule has 0 aliphatic carbocycles. The first kappa shape index (κ1) is 24.0. The van der Waals surface area contributed by atoms with Gasteiger partial charge in [0.1, 0.15) is 0 Å². The highest BCUT2D eigenvalue weighted by Crippen LogP contribution is 2.34. The van der Waals surface area contributed by atoms with Gasteiger partial charge in [0.05, 0.1) is 11.1 Å². The second kappa shape index (κ2) is 9.63. The first-order valence-electron chi connectivity index (χ1n) is 10.7. The van der Waals surface area contributed by atoms with Crippen LogP contribution in [0.3, 0.4) is 0 Å². The van der Waals surface area contributed by atoms with Gasteiger partial charge in [0, 0.05) is 48.9 Å². The van der Waals surface area contributed by atoms with E-state index < -0.39 is 11.7 Å². The number of benzene rings is 3. The second-order valence-electron chi connectivity index (χ2n) is 7.82. The Balaban J connectivity index is 0.00000141. The van der Waals surface area contributed by atoms with Gasteiger partial charge in [-0.15, -0.1) is 0 Å². The Hall–Kier alpha value is -4.11. The van der Waals surface area contributed by atoms with Gasteiger partial charge in [-0.25, -0.2) is 0 Å². The molecule has 0 aliphatic heterocycles. The predicted octanol–water partition coefficient (Wildman–Crippen LogP) is 5.07. The molecular formula is C26H23F3N4O2. The molecule has 2 heterocycles. The number of carbonyl (C=O) groups is 1. The number of halogens is 3. The first-order valence-corrected chi connectivity index (χ1v) is 10.7. The van der Waals surface area contributed by atoms with Crippen LogP contribution in [0.1, 0.15) is 21.5 Å². The van der Waals surface area contributed by atoms with Gasteiger partial charge in [-0.05, 0) is 48.0 Å². The van der Waals surface area contributed by atoms with Crippen LogP contribution >= 0.6 is 0 Å². The van der Waals surface area contributed by atoms with Crippen molar-refractivity contribution in [3.8, 4) is 5.69 Å². The largest absolute Gasteiger partial charge is 0.416 e. The van der Waals surface area contributed by atoms with Gasteiger partial charge in [0.25, 0.3) is 5.91 Å². The topological polar surface area (TPSA) is 72.1 Å². The second-order valence-corrected chi connectivity index (χ2v) is 7.82. The minimum absolute atomic E-state index is 0.208. The lowest BCUT2D eigenvalue weighted by molar-refractivity contribution is -0.137. The Bertz CT molecular complexity index is 1470. The molecule has 6 nitrogen and oxygen atoms in total. The zero-order valence-corrected chi connectivity index (χ0v) is 19.0. The van der Waals surface area contributed by atoms with E-state index in [2.05, 4.69) is 10.4 Å². The van der Waals surface area contributed by atoms with E-state index >= 15 is 0 Å². The number of aliphatic hydroxyl groups excluding tert-OH is 1. The van der Waals surface area contributed by atoms with E-state index in [9.17, 15) is 18.0 Å². The number of nitrogens with one attached hydrogen (secondary N) is 1. The lowest BCUT2D eigenvalue weighted by Gasteiger charge is -2.10. The maximum atomic E-state index is 13.0. The van der Waals surface area contributed by atoms with Crippen molar-refractivity contribution >= 4 is 27.8 Å². The Kier molecular flexibility index (Phi) is 6.61. The van der Waals surface area contributed by atoms with Gasteiger partial charge in [0.15, 0.2) is 5.65 Å². The molecule has 0 saturated heterocycles. The number of aryl methyl sites for hydroxylation is 1. The number of hydrogen-bond donors (Lipinski definition) is 2. The molecule has 0 aliphatic rings. The molecule has 9 heteroatoms. The average Bonchev–Trinajstić information content (AvgIpc) is 3.38. The van der Waals surface area contributed by atoms with Gasteiger partial charge in [-0.2, -0.15) is 18.3 Å². The summed E-state index contributed by atoms with van der Waals surface area (Å²) in [6.07, 6.45) is -2.57. The molecule has 0 spiro atoms. The molecule has 0 radical (unpaired) electrons. The summed E-state index contributed by atoms with van der Waals surface area (Å²) in [6, 6.07) is 19.9. The molecule has 35 heavy (non-hydrogen) atoms. The van der Waals surface area contributed by atoms with E-state index in [0.717, 1.165) is 41.1 Å². The maximum absolute atomic E-state index is 13.0. The van der Waals surface area contributed by atoms with Crippen molar-refractivity contribution in [3.05, 3.63) is 95.7 Å². The molecule has 180 valence electrons.